The van der Waals surface area contributed by atoms with Gasteiger partial charge in [-0.2, -0.15) is 0 Å². The molecule has 0 amide bonds. The fraction of sp³-hybridized carbons (Fsp3) is 0.222. The molecule has 0 aliphatic carbocycles. The van der Waals surface area contributed by atoms with Gasteiger partial charge in [0, 0.05) is 22.5 Å². The van der Waals surface area contributed by atoms with Gasteiger partial charge in [-0.15, -0.1) is 0 Å². The van der Waals surface area contributed by atoms with E-state index < -0.39 is 0 Å². The first kappa shape index (κ1) is 15.0. The van der Waals surface area contributed by atoms with E-state index in [1.54, 1.807) is 0 Å². The first-order chi connectivity index (χ1) is 10.3. The van der Waals surface area contributed by atoms with E-state index in [4.69, 9.17) is 0 Å². The fourth-order valence-electron chi connectivity index (χ4n) is 2.32. The molecule has 2 aromatic rings. The van der Waals surface area contributed by atoms with Gasteiger partial charge in [0.1, 0.15) is 0 Å². The summed E-state index contributed by atoms with van der Waals surface area (Å²) in [5.41, 5.74) is 3.42. The molecule has 2 aromatic carbocycles. The van der Waals surface area contributed by atoms with Gasteiger partial charge >= 0.3 is 0 Å². The summed E-state index contributed by atoms with van der Waals surface area (Å²) in [4.78, 5) is 22.8. The summed E-state index contributed by atoms with van der Waals surface area (Å²) >= 11 is 0. The molecule has 3 nitrogen and oxygen atoms in total. The van der Waals surface area contributed by atoms with Gasteiger partial charge in [-0.25, -0.2) is 0 Å². The predicted octanol–water partition coefficient (Wildman–Crippen LogP) is 4.40. The maximum Gasteiger partial charge on any atom is 0.152 e. The number of aryl methyl sites for hydroxylation is 1. The third kappa shape index (κ3) is 3.57. The van der Waals surface area contributed by atoms with Crippen LogP contribution in [0.4, 0.5) is 11.4 Å². The lowest BCUT2D eigenvalue weighted by atomic mass is 9.97. The zero-order valence-corrected chi connectivity index (χ0v) is 12.1. The molecule has 21 heavy (non-hydrogen) atoms. The van der Waals surface area contributed by atoms with Gasteiger partial charge < -0.3 is 5.32 Å². The van der Waals surface area contributed by atoms with Gasteiger partial charge in [0.15, 0.2) is 12.6 Å². The standard InChI is InChI=1S/C18H19NO2/c1-2-3-7-14-10-11-18(17(13-21)16(14)12-20)19-15-8-5-4-6-9-15/h4-6,8-13,19H,2-3,7H2,1H3. The second-order valence-electron chi connectivity index (χ2n) is 4.93. The van der Waals surface area contributed by atoms with Crippen LogP contribution in [0, 0.1) is 0 Å². The van der Waals surface area contributed by atoms with Crippen LogP contribution in [0.2, 0.25) is 0 Å². The molecule has 0 saturated carbocycles. The van der Waals surface area contributed by atoms with Crippen molar-refractivity contribution in [1.29, 1.82) is 0 Å². The Bertz CT molecular complexity index is 621. The second-order valence-corrected chi connectivity index (χ2v) is 4.93. The van der Waals surface area contributed by atoms with Crippen molar-refractivity contribution in [3.8, 4) is 0 Å². The number of hydrogen-bond donors (Lipinski definition) is 1. The highest BCUT2D eigenvalue weighted by molar-refractivity contribution is 5.98. The molecule has 0 atom stereocenters. The first-order valence-corrected chi connectivity index (χ1v) is 7.18. The number of carbonyl (C=O) groups excluding carboxylic acids is 2. The maximum atomic E-state index is 11.4. The zero-order chi connectivity index (χ0) is 15.1. The lowest BCUT2D eigenvalue weighted by Crippen LogP contribution is -2.03. The highest BCUT2D eigenvalue weighted by Gasteiger charge is 2.12. The Labute approximate surface area is 125 Å². The smallest absolute Gasteiger partial charge is 0.152 e. The molecule has 3 heteroatoms. The number of benzene rings is 2. The van der Waals surface area contributed by atoms with E-state index in [9.17, 15) is 9.59 Å². The van der Waals surface area contributed by atoms with Gasteiger partial charge in [0.05, 0.1) is 0 Å². The van der Waals surface area contributed by atoms with Crippen LogP contribution in [-0.4, -0.2) is 12.6 Å². The number of para-hydroxylation sites is 1. The molecule has 108 valence electrons. The Morgan fingerprint density at radius 3 is 2.29 bits per heavy atom. The number of nitrogens with one attached hydrogen (secondary N) is 1. The Hall–Kier alpha value is -2.42. The van der Waals surface area contributed by atoms with Crippen LogP contribution in [0.3, 0.4) is 0 Å². The summed E-state index contributed by atoms with van der Waals surface area (Å²) in [5.74, 6) is 0. The van der Waals surface area contributed by atoms with E-state index in [1.807, 2.05) is 42.5 Å². The lowest BCUT2D eigenvalue weighted by Gasteiger charge is -2.13. The Morgan fingerprint density at radius 1 is 0.952 bits per heavy atom. The number of carbonyl (C=O) groups is 2. The number of anilines is 2. The predicted molar refractivity (Wildman–Crippen MR) is 85.6 cm³/mol. The molecule has 0 aliphatic heterocycles. The first-order valence-electron chi connectivity index (χ1n) is 7.18. The van der Waals surface area contributed by atoms with Crippen LogP contribution in [0.15, 0.2) is 42.5 Å². The average Bonchev–Trinajstić information content (AvgIpc) is 2.54. The highest BCUT2D eigenvalue weighted by Crippen LogP contribution is 2.25. The van der Waals surface area contributed by atoms with E-state index in [-0.39, 0.29) is 0 Å². The van der Waals surface area contributed by atoms with E-state index in [0.29, 0.717) is 16.8 Å². The molecule has 0 fully saturated rings. The Morgan fingerprint density at radius 2 is 1.67 bits per heavy atom. The molecule has 0 radical (unpaired) electrons. The molecule has 0 bridgehead atoms. The molecule has 0 aromatic heterocycles. The number of rotatable bonds is 7. The van der Waals surface area contributed by atoms with Crippen LogP contribution in [-0.2, 0) is 6.42 Å². The van der Waals surface area contributed by atoms with E-state index in [2.05, 4.69) is 12.2 Å². The largest absolute Gasteiger partial charge is 0.355 e. The van der Waals surface area contributed by atoms with Gasteiger partial charge in [-0.05, 0) is 36.6 Å². The zero-order valence-electron chi connectivity index (χ0n) is 12.1. The molecular formula is C18H19NO2. The molecule has 0 saturated heterocycles. The Balaban J connectivity index is 2.38. The third-order valence-corrected chi connectivity index (χ3v) is 3.47. The van der Waals surface area contributed by atoms with Crippen molar-refractivity contribution in [2.45, 2.75) is 26.2 Å². The molecule has 1 N–H and O–H groups in total. The van der Waals surface area contributed by atoms with E-state index >= 15 is 0 Å². The summed E-state index contributed by atoms with van der Waals surface area (Å²) < 4.78 is 0. The van der Waals surface area contributed by atoms with E-state index in [0.717, 1.165) is 43.1 Å². The summed E-state index contributed by atoms with van der Waals surface area (Å²) in [6.07, 6.45) is 4.41. The molecule has 0 unspecified atom stereocenters. The quantitative estimate of drug-likeness (QED) is 0.765. The normalized spacial score (nSPS) is 10.1. The van der Waals surface area contributed by atoms with Crippen LogP contribution in [0.1, 0.15) is 46.0 Å². The average molecular weight is 281 g/mol. The summed E-state index contributed by atoms with van der Waals surface area (Å²) in [5, 5.41) is 3.19. The molecular weight excluding hydrogens is 262 g/mol. The van der Waals surface area contributed by atoms with Gasteiger partial charge in [-0.1, -0.05) is 37.6 Å². The Kier molecular flexibility index (Phi) is 5.27. The minimum Gasteiger partial charge on any atom is -0.355 e. The second kappa shape index (κ2) is 7.39. The molecule has 2 rings (SSSR count). The molecule has 0 heterocycles. The third-order valence-electron chi connectivity index (χ3n) is 3.47. The summed E-state index contributed by atoms with van der Waals surface area (Å²) in [6, 6.07) is 13.4. The number of aldehydes is 2. The van der Waals surface area contributed by atoms with Crippen molar-refractivity contribution in [2.24, 2.45) is 0 Å². The van der Waals surface area contributed by atoms with Crippen LogP contribution < -0.4 is 5.32 Å². The fourth-order valence-corrected chi connectivity index (χ4v) is 2.32. The van der Waals surface area contributed by atoms with Crippen molar-refractivity contribution in [3.05, 3.63) is 59.2 Å². The van der Waals surface area contributed by atoms with Crippen LogP contribution >= 0.6 is 0 Å². The minimum atomic E-state index is 0.433. The van der Waals surface area contributed by atoms with Crippen molar-refractivity contribution in [1.82, 2.24) is 0 Å². The van der Waals surface area contributed by atoms with Crippen LogP contribution in [0.5, 0.6) is 0 Å². The highest BCUT2D eigenvalue weighted by atomic mass is 16.1. The summed E-state index contributed by atoms with van der Waals surface area (Å²) in [6.45, 7) is 2.10. The van der Waals surface area contributed by atoms with Gasteiger partial charge in [0.2, 0.25) is 0 Å². The summed E-state index contributed by atoms with van der Waals surface area (Å²) in [7, 11) is 0. The van der Waals surface area contributed by atoms with Crippen molar-refractivity contribution >= 4 is 23.9 Å². The van der Waals surface area contributed by atoms with Crippen molar-refractivity contribution in [2.75, 3.05) is 5.32 Å². The number of hydrogen-bond acceptors (Lipinski definition) is 3. The maximum absolute atomic E-state index is 11.4. The SMILES string of the molecule is CCCCc1ccc(Nc2ccccc2)c(C=O)c1C=O. The van der Waals surface area contributed by atoms with Crippen molar-refractivity contribution in [3.63, 3.8) is 0 Å². The van der Waals surface area contributed by atoms with Crippen molar-refractivity contribution < 1.29 is 9.59 Å². The molecule has 0 aliphatic rings. The number of unbranched alkanes of at least 4 members (excludes halogenated alkanes) is 1. The topological polar surface area (TPSA) is 46.2 Å². The lowest BCUT2D eigenvalue weighted by molar-refractivity contribution is 0.109. The minimum absolute atomic E-state index is 0.433. The van der Waals surface area contributed by atoms with Crippen LogP contribution in [0.25, 0.3) is 0 Å². The van der Waals surface area contributed by atoms with Gasteiger partial charge in [0.25, 0.3) is 0 Å². The molecule has 0 spiro atoms. The van der Waals surface area contributed by atoms with Gasteiger partial charge in [-0.3, -0.25) is 9.59 Å². The van der Waals surface area contributed by atoms with E-state index in [1.165, 1.54) is 0 Å². The monoisotopic (exact) mass is 281 g/mol.